The molecule has 1 rings (SSSR count). The van der Waals surface area contributed by atoms with Gasteiger partial charge in [-0.05, 0) is 72.6 Å². The van der Waals surface area contributed by atoms with Gasteiger partial charge in [0.25, 0.3) is 0 Å². The average molecular weight is 274 g/mol. The standard InChI is InChI=1S/C19H30O/c1-15(2)7-5-8-16(3)9-6-10-18-11-13-19(14-12-18)17(4)20/h7,9,11,19H,5-6,8,10,12-14H2,1-4H3/b16-9+. The fourth-order valence-electron chi connectivity index (χ4n) is 2.68. The molecule has 0 aromatic rings. The summed E-state index contributed by atoms with van der Waals surface area (Å²) in [4.78, 5) is 11.3. The average Bonchev–Trinajstić information content (AvgIpc) is 2.39. The molecule has 0 heterocycles. The third-order valence-corrected chi connectivity index (χ3v) is 4.13. The molecule has 0 radical (unpaired) electrons. The molecule has 1 unspecified atom stereocenters. The van der Waals surface area contributed by atoms with Gasteiger partial charge >= 0.3 is 0 Å². The van der Waals surface area contributed by atoms with E-state index in [1.165, 1.54) is 24.0 Å². The van der Waals surface area contributed by atoms with Gasteiger partial charge in [0.05, 0.1) is 0 Å². The minimum absolute atomic E-state index is 0.292. The lowest BCUT2D eigenvalue weighted by Gasteiger charge is -2.19. The van der Waals surface area contributed by atoms with E-state index in [-0.39, 0.29) is 0 Å². The van der Waals surface area contributed by atoms with Gasteiger partial charge in [0, 0.05) is 5.92 Å². The van der Waals surface area contributed by atoms with Crippen LogP contribution in [-0.4, -0.2) is 5.78 Å². The summed E-state index contributed by atoms with van der Waals surface area (Å²) in [6.07, 6.45) is 14.8. The first-order valence-corrected chi connectivity index (χ1v) is 7.96. The van der Waals surface area contributed by atoms with Gasteiger partial charge in [-0.1, -0.05) is 34.9 Å². The van der Waals surface area contributed by atoms with Crippen molar-refractivity contribution < 1.29 is 4.79 Å². The van der Waals surface area contributed by atoms with Crippen molar-refractivity contribution in [2.45, 2.75) is 72.6 Å². The fourth-order valence-corrected chi connectivity index (χ4v) is 2.68. The molecule has 0 aromatic carbocycles. The molecule has 1 aliphatic carbocycles. The van der Waals surface area contributed by atoms with E-state index in [2.05, 4.69) is 39.0 Å². The lowest BCUT2D eigenvalue weighted by Crippen LogP contribution is -2.13. The van der Waals surface area contributed by atoms with Crippen molar-refractivity contribution in [3.63, 3.8) is 0 Å². The first kappa shape index (κ1) is 16.9. The van der Waals surface area contributed by atoms with Gasteiger partial charge in [0.2, 0.25) is 0 Å². The molecule has 1 aliphatic rings. The molecule has 1 atom stereocenters. The number of allylic oxidation sites excluding steroid dienone is 6. The molecule has 0 saturated heterocycles. The predicted molar refractivity (Wildman–Crippen MR) is 87.8 cm³/mol. The van der Waals surface area contributed by atoms with E-state index in [0.717, 1.165) is 32.1 Å². The van der Waals surface area contributed by atoms with Crippen LogP contribution in [0, 0.1) is 5.92 Å². The highest BCUT2D eigenvalue weighted by atomic mass is 16.1. The second-order valence-electron chi connectivity index (χ2n) is 6.35. The first-order chi connectivity index (χ1) is 9.49. The smallest absolute Gasteiger partial charge is 0.133 e. The van der Waals surface area contributed by atoms with E-state index < -0.39 is 0 Å². The third-order valence-electron chi connectivity index (χ3n) is 4.13. The molecule has 0 amide bonds. The quantitative estimate of drug-likeness (QED) is 0.538. The van der Waals surface area contributed by atoms with Gasteiger partial charge in [0.15, 0.2) is 0 Å². The van der Waals surface area contributed by atoms with Crippen LogP contribution in [0.25, 0.3) is 0 Å². The van der Waals surface area contributed by atoms with Crippen LogP contribution in [0.2, 0.25) is 0 Å². The van der Waals surface area contributed by atoms with E-state index in [0.29, 0.717) is 11.7 Å². The summed E-state index contributed by atoms with van der Waals surface area (Å²) in [5.41, 5.74) is 4.46. The van der Waals surface area contributed by atoms with E-state index in [1.807, 2.05) is 0 Å². The number of carbonyl (C=O) groups is 1. The third kappa shape index (κ3) is 6.88. The van der Waals surface area contributed by atoms with E-state index >= 15 is 0 Å². The van der Waals surface area contributed by atoms with Crippen LogP contribution in [0.1, 0.15) is 72.6 Å². The van der Waals surface area contributed by atoms with Crippen LogP contribution >= 0.6 is 0 Å². The highest BCUT2D eigenvalue weighted by Crippen LogP contribution is 2.27. The van der Waals surface area contributed by atoms with E-state index in [4.69, 9.17) is 0 Å². The molecular weight excluding hydrogens is 244 g/mol. The maximum absolute atomic E-state index is 11.3. The molecule has 0 bridgehead atoms. The number of rotatable bonds is 7. The van der Waals surface area contributed by atoms with E-state index in [9.17, 15) is 4.79 Å². The SMILES string of the molecule is CC(=O)C1CC=C(CC/C=C(\C)CCC=C(C)C)CC1. The van der Waals surface area contributed by atoms with Crippen LogP contribution in [0.3, 0.4) is 0 Å². The Morgan fingerprint density at radius 2 is 1.95 bits per heavy atom. The maximum Gasteiger partial charge on any atom is 0.133 e. The lowest BCUT2D eigenvalue weighted by molar-refractivity contribution is -0.120. The van der Waals surface area contributed by atoms with E-state index in [1.54, 1.807) is 12.5 Å². The van der Waals surface area contributed by atoms with Crippen molar-refractivity contribution in [1.82, 2.24) is 0 Å². The Morgan fingerprint density at radius 1 is 1.20 bits per heavy atom. The molecule has 1 heteroatoms. The van der Waals surface area contributed by atoms with Gasteiger partial charge in [-0.3, -0.25) is 4.79 Å². The van der Waals surface area contributed by atoms with Crippen molar-refractivity contribution in [3.05, 3.63) is 34.9 Å². The Morgan fingerprint density at radius 3 is 2.50 bits per heavy atom. The van der Waals surface area contributed by atoms with Crippen molar-refractivity contribution in [1.29, 1.82) is 0 Å². The summed E-state index contributed by atoms with van der Waals surface area (Å²) >= 11 is 0. The Kier molecular flexibility index (Phi) is 7.58. The largest absolute Gasteiger partial charge is 0.300 e. The summed E-state index contributed by atoms with van der Waals surface area (Å²) in [5.74, 6) is 0.649. The summed E-state index contributed by atoms with van der Waals surface area (Å²) in [6, 6.07) is 0. The molecule has 0 spiro atoms. The van der Waals surface area contributed by atoms with Gasteiger partial charge in [-0.25, -0.2) is 0 Å². The zero-order chi connectivity index (χ0) is 15.0. The Bertz CT molecular complexity index is 405. The minimum atomic E-state index is 0.292. The lowest BCUT2D eigenvalue weighted by atomic mass is 9.85. The summed E-state index contributed by atoms with van der Waals surface area (Å²) in [6.45, 7) is 8.27. The molecule has 0 aromatic heterocycles. The summed E-state index contributed by atoms with van der Waals surface area (Å²) in [5, 5.41) is 0. The topological polar surface area (TPSA) is 17.1 Å². The van der Waals surface area contributed by atoms with Crippen LogP contribution in [0.5, 0.6) is 0 Å². The highest BCUT2D eigenvalue weighted by molar-refractivity contribution is 5.78. The normalized spacial score (nSPS) is 19.5. The molecule has 0 fully saturated rings. The summed E-state index contributed by atoms with van der Waals surface area (Å²) in [7, 11) is 0. The van der Waals surface area contributed by atoms with Crippen molar-refractivity contribution in [3.8, 4) is 0 Å². The van der Waals surface area contributed by atoms with Crippen molar-refractivity contribution >= 4 is 5.78 Å². The van der Waals surface area contributed by atoms with Crippen LogP contribution in [0.4, 0.5) is 0 Å². The predicted octanol–water partition coefficient (Wildman–Crippen LogP) is 5.77. The Hall–Kier alpha value is -1.11. The zero-order valence-electron chi connectivity index (χ0n) is 13.7. The monoisotopic (exact) mass is 274 g/mol. The van der Waals surface area contributed by atoms with Gasteiger partial charge < -0.3 is 0 Å². The second kappa shape index (κ2) is 8.94. The molecule has 0 aliphatic heterocycles. The Labute approximate surface area is 124 Å². The van der Waals surface area contributed by atoms with Crippen LogP contribution in [0.15, 0.2) is 34.9 Å². The number of hydrogen-bond donors (Lipinski definition) is 0. The molecule has 112 valence electrons. The van der Waals surface area contributed by atoms with Crippen LogP contribution < -0.4 is 0 Å². The number of hydrogen-bond acceptors (Lipinski definition) is 1. The molecule has 0 saturated carbocycles. The van der Waals surface area contributed by atoms with Gasteiger partial charge in [0.1, 0.15) is 5.78 Å². The fraction of sp³-hybridized carbons (Fsp3) is 0.632. The molecule has 20 heavy (non-hydrogen) atoms. The van der Waals surface area contributed by atoms with Crippen LogP contribution in [-0.2, 0) is 4.79 Å². The zero-order valence-corrected chi connectivity index (χ0v) is 13.7. The number of carbonyl (C=O) groups excluding carboxylic acids is 1. The maximum atomic E-state index is 11.3. The van der Waals surface area contributed by atoms with Gasteiger partial charge in [-0.15, -0.1) is 0 Å². The number of Topliss-reactive ketones (excluding diaryl/α,β-unsaturated/α-hetero) is 1. The highest BCUT2D eigenvalue weighted by Gasteiger charge is 2.17. The van der Waals surface area contributed by atoms with Crippen molar-refractivity contribution in [2.75, 3.05) is 0 Å². The Balaban J connectivity index is 2.27. The first-order valence-electron chi connectivity index (χ1n) is 7.96. The summed E-state index contributed by atoms with van der Waals surface area (Å²) < 4.78 is 0. The number of ketones is 1. The second-order valence-corrected chi connectivity index (χ2v) is 6.35. The molecule has 1 nitrogen and oxygen atoms in total. The minimum Gasteiger partial charge on any atom is -0.300 e. The molecule has 0 N–H and O–H groups in total. The molecular formula is C19H30O. The van der Waals surface area contributed by atoms with Gasteiger partial charge in [-0.2, -0.15) is 0 Å². The van der Waals surface area contributed by atoms with Crippen molar-refractivity contribution in [2.24, 2.45) is 5.92 Å².